The molecule has 0 radical (unpaired) electrons. The highest BCUT2D eigenvalue weighted by Crippen LogP contribution is 2.34. The summed E-state index contributed by atoms with van der Waals surface area (Å²) in [5, 5.41) is 0. The summed E-state index contributed by atoms with van der Waals surface area (Å²) >= 11 is 9.78. The minimum absolute atomic E-state index is 0.216. The smallest absolute Gasteiger partial charge is 0.128 e. The van der Waals surface area contributed by atoms with E-state index in [1.807, 2.05) is 0 Å². The first-order valence-electron chi connectivity index (χ1n) is 2.83. The van der Waals surface area contributed by atoms with Gasteiger partial charge in [-0.25, -0.2) is 4.39 Å². The summed E-state index contributed by atoms with van der Waals surface area (Å²) in [5.41, 5.74) is 0.611. The molecule has 0 atom stereocenters. The van der Waals surface area contributed by atoms with Gasteiger partial charge in [0, 0.05) is 19.0 Å². The van der Waals surface area contributed by atoms with Crippen LogP contribution in [-0.4, -0.2) is 0 Å². The van der Waals surface area contributed by atoms with Crippen molar-refractivity contribution in [2.45, 2.75) is 6.92 Å². The van der Waals surface area contributed by atoms with Gasteiger partial charge < -0.3 is 0 Å². The highest BCUT2D eigenvalue weighted by Gasteiger charge is 2.09. The van der Waals surface area contributed by atoms with Crippen molar-refractivity contribution >= 4 is 47.8 Å². The Morgan fingerprint density at radius 1 is 1.18 bits per heavy atom. The van der Waals surface area contributed by atoms with Gasteiger partial charge in [-0.2, -0.15) is 0 Å². The standard InChI is InChI=1S/C7H4Br3F/c1-3-5(11)2-4(8)7(10)6(3)9/h2H,1H3. The number of hydrogen-bond donors (Lipinski definition) is 0. The zero-order chi connectivity index (χ0) is 8.59. The monoisotopic (exact) mass is 344 g/mol. The molecule has 0 aromatic heterocycles. The van der Waals surface area contributed by atoms with Gasteiger partial charge in [0.1, 0.15) is 5.82 Å². The van der Waals surface area contributed by atoms with Gasteiger partial charge in [-0.3, -0.25) is 0 Å². The molecule has 0 aliphatic heterocycles. The zero-order valence-electron chi connectivity index (χ0n) is 5.59. The van der Waals surface area contributed by atoms with Crippen molar-refractivity contribution in [3.05, 3.63) is 30.9 Å². The maximum absolute atomic E-state index is 12.9. The van der Waals surface area contributed by atoms with Gasteiger partial charge in [-0.1, -0.05) is 0 Å². The van der Waals surface area contributed by atoms with Crippen molar-refractivity contribution in [3.8, 4) is 0 Å². The lowest BCUT2D eigenvalue weighted by Crippen LogP contribution is -1.85. The maximum Gasteiger partial charge on any atom is 0.128 e. The number of benzene rings is 1. The first kappa shape index (κ1) is 9.68. The minimum atomic E-state index is -0.216. The molecular formula is C7H4Br3F. The summed E-state index contributed by atoms with van der Waals surface area (Å²) < 4.78 is 15.3. The number of halogens is 4. The van der Waals surface area contributed by atoms with E-state index in [4.69, 9.17) is 0 Å². The average molecular weight is 347 g/mol. The van der Waals surface area contributed by atoms with Gasteiger partial charge in [0.2, 0.25) is 0 Å². The predicted octanol–water partition coefficient (Wildman–Crippen LogP) is 4.42. The topological polar surface area (TPSA) is 0 Å². The van der Waals surface area contributed by atoms with Crippen LogP contribution in [-0.2, 0) is 0 Å². The van der Waals surface area contributed by atoms with Crippen LogP contribution in [0.2, 0.25) is 0 Å². The lowest BCUT2D eigenvalue weighted by molar-refractivity contribution is 0.616. The second kappa shape index (κ2) is 3.54. The third-order valence-corrected chi connectivity index (χ3v) is 4.85. The van der Waals surface area contributed by atoms with Crippen molar-refractivity contribution in [2.24, 2.45) is 0 Å². The number of rotatable bonds is 0. The first-order chi connectivity index (χ1) is 5.04. The molecule has 4 heteroatoms. The first-order valence-corrected chi connectivity index (χ1v) is 5.21. The van der Waals surface area contributed by atoms with Crippen LogP contribution < -0.4 is 0 Å². The van der Waals surface area contributed by atoms with E-state index in [1.54, 1.807) is 6.92 Å². The molecule has 0 saturated heterocycles. The van der Waals surface area contributed by atoms with Crippen molar-refractivity contribution < 1.29 is 4.39 Å². The Balaban J connectivity index is 3.46. The quantitative estimate of drug-likeness (QED) is 0.482. The molecule has 0 nitrogen and oxygen atoms in total. The summed E-state index contributed by atoms with van der Waals surface area (Å²) in [6.45, 7) is 1.72. The van der Waals surface area contributed by atoms with Gasteiger partial charge in [-0.15, -0.1) is 0 Å². The predicted molar refractivity (Wildman–Crippen MR) is 54.2 cm³/mol. The van der Waals surface area contributed by atoms with Crippen LogP contribution in [0.15, 0.2) is 19.5 Å². The molecule has 0 aliphatic rings. The van der Waals surface area contributed by atoms with E-state index in [0.29, 0.717) is 10.0 Å². The molecule has 60 valence electrons. The molecule has 0 heterocycles. The highest BCUT2D eigenvalue weighted by molar-refractivity contribution is 9.14. The third kappa shape index (κ3) is 1.84. The van der Waals surface area contributed by atoms with Crippen LogP contribution in [0.4, 0.5) is 4.39 Å². The lowest BCUT2D eigenvalue weighted by Gasteiger charge is -2.04. The van der Waals surface area contributed by atoms with E-state index >= 15 is 0 Å². The second-order valence-corrected chi connectivity index (χ2v) is 4.53. The Morgan fingerprint density at radius 2 is 1.73 bits per heavy atom. The molecular weight excluding hydrogens is 343 g/mol. The Kier molecular flexibility index (Phi) is 3.11. The van der Waals surface area contributed by atoms with Crippen LogP contribution in [0.25, 0.3) is 0 Å². The summed E-state index contributed by atoms with van der Waals surface area (Å²) in [7, 11) is 0. The van der Waals surface area contributed by atoms with Gasteiger partial charge in [-0.05, 0) is 60.8 Å². The fraction of sp³-hybridized carbons (Fsp3) is 0.143. The van der Waals surface area contributed by atoms with Crippen LogP contribution in [0.1, 0.15) is 5.56 Å². The van der Waals surface area contributed by atoms with Crippen molar-refractivity contribution in [3.63, 3.8) is 0 Å². The fourth-order valence-electron chi connectivity index (χ4n) is 0.657. The van der Waals surface area contributed by atoms with Crippen LogP contribution >= 0.6 is 47.8 Å². The van der Waals surface area contributed by atoms with Crippen LogP contribution in [0.3, 0.4) is 0 Å². The maximum atomic E-state index is 12.9. The molecule has 1 aromatic rings. The van der Waals surface area contributed by atoms with Crippen LogP contribution in [0.5, 0.6) is 0 Å². The summed E-state index contributed by atoms with van der Waals surface area (Å²) in [6.07, 6.45) is 0. The molecule has 0 saturated carbocycles. The number of hydrogen-bond acceptors (Lipinski definition) is 0. The van der Waals surface area contributed by atoms with E-state index in [9.17, 15) is 4.39 Å². The highest BCUT2D eigenvalue weighted by atomic mass is 79.9. The fourth-order valence-corrected chi connectivity index (χ4v) is 2.14. The molecule has 0 spiro atoms. The normalized spacial score (nSPS) is 10.3. The Bertz CT molecular complexity index is 270. The SMILES string of the molecule is Cc1c(F)cc(Br)c(Br)c1Br. The Labute approximate surface area is 89.6 Å². The van der Waals surface area contributed by atoms with E-state index in [-0.39, 0.29) is 5.82 Å². The van der Waals surface area contributed by atoms with Gasteiger partial charge in [0.25, 0.3) is 0 Å². The van der Waals surface area contributed by atoms with Gasteiger partial charge in [0.15, 0.2) is 0 Å². The molecule has 11 heavy (non-hydrogen) atoms. The summed E-state index contributed by atoms with van der Waals surface area (Å²) in [6, 6.07) is 1.43. The van der Waals surface area contributed by atoms with E-state index in [2.05, 4.69) is 47.8 Å². The molecule has 1 aromatic carbocycles. The minimum Gasteiger partial charge on any atom is -0.207 e. The Morgan fingerprint density at radius 3 is 2.27 bits per heavy atom. The largest absolute Gasteiger partial charge is 0.207 e. The van der Waals surface area contributed by atoms with Crippen molar-refractivity contribution in [1.29, 1.82) is 0 Å². The summed E-state index contributed by atoms with van der Waals surface area (Å²) in [5.74, 6) is -0.216. The van der Waals surface area contributed by atoms with Gasteiger partial charge >= 0.3 is 0 Å². The molecule has 0 N–H and O–H groups in total. The zero-order valence-corrected chi connectivity index (χ0v) is 10.3. The van der Waals surface area contributed by atoms with Gasteiger partial charge in [0.05, 0.1) is 0 Å². The van der Waals surface area contributed by atoms with Crippen LogP contribution in [0, 0.1) is 12.7 Å². The van der Waals surface area contributed by atoms with E-state index < -0.39 is 0 Å². The molecule has 1 rings (SSSR count). The van der Waals surface area contributed by atoms with Crippen molar-refractivity contribution in [2.75, 3.05) is 0 Å². The average Bonchev–Trinajstić information content (AvgIpc) is 1.97. The molecule has 0 fully saturated rings. The van der Waals surface area contributed by atoms with E-state index in [0.717, 1.165) is 8.95 Å². The third-order valence-electron chi connectivity index (χ3n) is 1.34. The van der Waals surface area contributed by atoms with E-state index in [1.165, 1.54) is 6.07 Å². The van der Waals surface area contributed by atoms with Crippen molar-refractivity contribution in [1.82, 2.24) is 0 Å². The molecule has 0 amide bonds. The second-order valence-electron chi connectivity index (χ2n) is 2.09. The lowest BCUT2D eigenvalue weighted by atomic mass is 10.2. The Hall–Kier alpha value is 0.590. The molecule has 0 aliphatic carbocycles. The molecule has 0 bridgehead atoms. The molecule has 0 unspecified atom stereocenters. The summed E-state index contributed by atoms with van der Waals surface area (Å²) in [4.78, 5) is 0.